The van der Waals surface area contributed by atoms with Crippen LogP contribution in [0.1, 0.15) is 22.2 Å². The van der Waals surface area contributed by atoms with E-state index in [-0.39, 0.29) is 6.04 Å². The highest BCUT2D eigenvalue weighted by Gasteiger charge is 2.19. The molecule has 1 unspecified atom stereocenters. The molecule has 4 nitrogen and oxygen atoms in total. The Hall–Kier alpha value is -1.17. The van der Waals surface area contributed by atoms with Crippen LogP contribution >= 0.6 is 11.3 Å². The molecule has 0 aliphatic carbocycles. The first-order chi connectivity index (χ1) is 9.11. The van der Waals surface area contributed by atoms with Gasteiger partial charge in [-0.3, -0.25) is 9.58 Å². The fraction of sp³-hybridized carbons (Fsp3) is 0.500. The summed E-state index contributed by atoms with van der Waals surface area (Å²) in [5.74, 6) is 0. The van der Waals surface area contributed by atoms with Crippen molar-refractivity contribution < 1.29 is 0 Å². The number of rotatable bonds is 6. The second kappa shape index (κ2) is 6.32. The van der Waals surface area contributed by atoms with E-state index in [9.17, 15) is 0 Å². The van der Waals surface area contributed by atoms with Crippen molar-refractivity contribution in [2.75, 3.05) is 20.1 Å². The number of likely N-dealkylation sites (N-methyl/N-ethyl adjacent to an activating group) is 1. The zero-order chi connectivity index (χ0) is 13.8. The predicted molar refractivity (Wildman–Crippen MR) is 80.4 cm³/mol. The van der Waals surface area contributed by atoms with Gasteiger partial charge in [-0.25, -0.2) is 0 Å². The van der Waals surface area contributed by atoms with Crippen molar-refractivity contribution >= 4 is 11.3 Å². The molecule has 1 atom stereocenters. The molecule has 19 heavy (non-hydrogen) atoms. The molecule has 0 spiro atoms. The van der Waals surface area contributed by atoms with Crippen LogP contribution in [0.25, 0.3) is 0 Å². The summed E-state index contributed by atoms with van der Waals surface area (Å²) in [5.41, 5.74) is 8.26. The molecule has 0 aliphatic heterocycles. The van der Waals surface area contributed by atoms with Crippen molar-refractivity contribution in [2.45, 2.75) is 19.4 Å². The largest absolute Gasteiger partial charge is 0.329 e. The molecule has 0 aromatic carbocycles. The van der Waals surface area contributed by atoms with Crippen molar-refractivity contribution in [2.24, 2.45) is 12.8 Å². The average molecular weight is 278 g/mol. The van der Waals surface area contributed by atoms with E-state index in [4.69, 9.17) is 5.73 Å². The second-order valence-corrected chi connectivity index (χ2v) is 5.94. The van der Waals surface area contributed by atoms with Gasteiger partial charge in [-0.1, -0.05) is 6.07 Å². The van der Waals surface area contributed by atoms with Crippen molar-refractivity contribution in [3.8, 4) is 0 Å². The van der Waals surface area contributed by atoms with Crippen molar-refractivity contribution in [1.29, 1.82) is 0 Å². The first-order valence-electron chi connectivity index (χ1n) is 6.54. The predicted octanol–water partition coefficient (Wildman–Crippen LogP) is 1.96. The van der Waals surface area contributed by atoms with Crippen LogP contribution in [0.4, 0.5) is 0 Å². The highest BCUT2D eigenvalue weighted by molar-refractivity contribution is 7.09. The molecule has 2 N–H and O–H groups in total. The van der Waals surface area contributed by atoms with Gasteiger partial charge in [0.1, 0.15) is 0 Å². The van der Waals surface area contributed by atoms with Gasteiger partial charge in [0.2, 0.25) is 0 Å². The standard InChI is InChI=1S/C14H22N4S/c1-11-13(10-18(3)16-11)14(9-15)17(2)7-6-12-5-4-8-19-12/h4-5,8,10,14H,6-7,9,15H2,1-3H3. The van der Waals surface area contributed by atoms with Crippen LogP contribution in [-0.2, 0) is 13.5 Å². The molecule has 0 amide bonds. The lowest BCUT2D eigenvalue weighted by atomic mass is 10.1. The van der Waals surface area contributed by atoms with Gasteiger partial charge >= 0.3 is 0 Å². The van der Waals surface area contributed by atoms with E-state index in [1.165, 1.54) is 10.4 Å². The maximum Gasteiger partial charge on any atom is 0.0641 e. The van der Waals surface area contributed by atoms with Crippen molar-refractivity contribution in [1.82, 2.24) is 14.7 Å². The highest BCUT2D eigenvalue weighted by atomic mass is 32.1. The normalized spacial score (nSPS) is 13.1. The molecule has 0 aliphatic rings. The van der Waals surface area contributed by atoms with E-state index in [2.05, 4.69) is 40.8 Å². The summed E-state index contributed by atoms with van der Waals surface area (Å²) >= 11 is 1.81. The van der Waals surface area contributed by atoms with Gasteiger partial charge in [-0.05, 0) is 31.8 Å². The van der Waals surface area contributed by atoms with E-state index in [0.29, 0.717) is 6.54 Å². The van der Waals surface area contributed by atoms with Gasteiger partial charge in [0.15, 0.2) is 0 Å². The highest BCUT2D eigenvalue weighted by Crippen LogP contribution is 2.21. The zero-order valence-corrected chi connectivity index (χ0v) is 12.7. The van der Waals surface area contributed by atoms with Crippen molar-refractivity contribution in [3.05, 3.63) is 39.8 Å². The number of hydrogen-bond donors (Lipinski definition) is 1. The maximum atomic E-state index is 5.96. The summed E-state index contributed by atoms with van der Waals surface area (Å²) in [6.45, 7) is 3.68. The Balaban J connectivity index is 2.02. The van der Waals surface area contributed by atoms with Crippen LogP contribution < -0.4 is 5.73 Å². The first-order valence-corrected chi connectivity index (χ1v) is 7.42. The number of aryl methyl sites for hydroxylation is 2. The van der Waals surface area contributed by atoms with Gasteiger partial charge in [0.25, 0.3) is 0 Å². The summed E-state index contributed by atoms with van der Waals surface area (Å²) in [6.07, 6.45) is 3.15. The third-order valence-electron chi connectivity index (χ3n) is 3.46. The van der Waals surface area contributed by atoms with Crippen LogP contribution in [-0.4, -0.2) is 34.8 Å². The van der Waals surface area contributed by atoms with Gasteiger partial charge in [0, 0.05) is 36.8 Å². The number of nitrogens with two attached hydrogens (primary N) is 1. The third kappa shape index (κ3) is 3.43. The SMILES string of the molecule is Cc1nn(C)cc1C(CN)N(C)CCc1cccs1. The molecule has 2 heterocycles. The van der Waals surface area contributed by atoms with E-state index in [0.717, 1.165) is 18.7 Å². The van der Waals surface area contributed by atoms with Crippen LogP contribution in [0, 0.1) is 6.92 Å². The molecular formula is C14H22N4S. The van der Waals surface area contributed by atoms with Crippen LogP contribution in [0.5, 0.6) is 0 Å². The topological polar surface area (TPSA) is 47.1 Å². The molecule has 0 radical (unpaired) electrons. The van der Waals surface area contributed by atoms with Gasteiger partial charge in [0.05, 0.1) is 11.7 Å². The fourth-order valence-corrected chi connectivity index (χ4v) is 3.08. The molecule has 0 bridgehead atoms. The lowest BCUT2D eigenvalue weighted by Crippen LogP contribution is -2.32. The molecule has 2 aromatic heterocycles. The molecule has 0 fully saturated rings. The Kier molecular flexibility index (Phi) is 4.74. The zero-order valence-electron chi connectivity index (χ0n) is 11.8. The Labute approximate surface area is 118 Å². The van der Waals surface area contributed by atoms with E-state index in [1.807, 2.05) is 30.0 Å². The smallest absolute Gasteiger partial charge is 0.0641 e. The average Bonchev–Trinajstić information content (AvgIpc) is 2.98. The molecule has 2 aromatic rings. The Bertz CT molecular complexity index is 504. The fourth-order valence-electron chi connectivity index (χ4n) is 2.39. The van der Waals surface area contributed by atoms with Crippen LogP contribution in [0.15, 0.2) is 23.7 Å². The number of thiophene rings is 1. The van der Waals surface area contributed by atoms with Crippen LogP contribution in [0.2, 0.25) is 0 Å². The lowest BCUT2D eigenvalue weighted by molar-refractivity contribution is 0.253. The molecule has 104 valence electrons. The van der Waals surface area contributed by atoms with Gasteiger partial charge in [-0.15, -0.1) is 11.3 Å². The van der Waals surface area contributed by atoms with E-state index >= 15 is 0 Å². The summed E-state index contributed by atoms with van der Waals surface area (Å²) in [7, 11) is 4.09. The molecular weight excluding hydrogens is 256 g/mol. The molecule has 0 saturated carbocycles. The number of hydrogen-bond acceptors (Lipinski definition) is 4. The summed E-state index contributed by atoms with van der Waals surface area (Å²) in [5, 5.41) is 6.53. The van der Waals surface area contributed by atoms with E-state index in [1.54, 1.807) is 0 Å². The first kappa shape index (κ1) is 14.2. The lowest BCUT2D eigenvalue weighted by Gasteiger charge is -2.26. The summed E-state index contributed by atoms with van der Waals surface area (Å²) in [6, 6.07) is 4.53. The molecule has 2 rings (SSSR count). The third-order valence-corrected chi connectivity index (χ3v) is 4.39. The molecule has 5 heteroatoms. The molecule has 0 saturated heterocycles. The summed E-state index contributed by atoms with van der Waals surface area (Å²) in [4.78, 5) is 3.74. The Morgan fingerprint density at radius 3 is 2.84 bits per heavy atom. The maximum absolute atomic E-state index is 5.96. The quantitative estimate of drug-likeness (QED) is 0.878. The Morgan fingerprint density at radius 1 is 1.53 bits per heavy atom. The second-order valence-electron chi connectivity index (χ2n) is 4.90. The minimum Gasteiger partial charge on any atom is -0.329 e. The number of aromatic nitrogens is 2. The minimum absolute atomic E-state index is 0.244. The van der Waals surface area contributed by atoms with Crippen LogP contribution in [0.3, 0.4) is 0 Å². The monoisotopic (exact) mass is 278 g/mol. The van der Waals surface area contributed by atoms with Gasteiger partial charge < -0.3 is 5.73 Å². The van der Waals surface area contributed by atoms with Crippen molar-refractivity contribution in [3.63, 3.8) is 0 Å². The minimum atomic E-state index is 0.244. The van der Waals surface area contributed by atoms with E-state index < -0.39 is 0 Å². The number of nitrogens with zero attached hydrogens (tertiary/aromatic N) is 3. The van der Waals surface area contributed by atoms with Gasteiger partial charge in [-0.2, -0.15) is 5.10 Å². The summed E-state index contributed by atoms with van der Waals surface area (Å²) < 4.78 is 1.86. The Morgan fingerprint density at radius 2 is 2.32 bits per heavy atom.